The van der Waals surface area contributed by atoms with Gasteiger partial charge in [-0.2, -0.15) is 0 Å². The Morgan fingerprint density at radius 2 is 1.09 bits per heavy atom. The van der Waals surface area contributed by atoms with Crippen LogP contribution in [0.5, 0.6) is 0 Å². The Kier molecular flexibility index (Phi) is 3.91. The van der Waals surface area contributed by atoms with Crippen molar-refractivity contribution in [3.8, 4) is 0 Å². The van der Waals surface area contributed by atoms with E-state index in [2.05, 4.69) is 0 Å². The minimum absolute atomic E-state index is 0.408. The van der Waals surface area contributed by atoms with Gasteiger partial charge in [0.1, 0.15) is 0 Å². The van der Waals surface area contributed by atoms with Crippen LogP contribution in [0.2, 0.25) is 0 Å². The highest BCUT2D eigenvalue weighted by Crippen LogP contribution is 2.29. The molecule has 0 atom stereocenters. The van der Waals surface area contributed by atoms with Crippen LogP contribution in [0.15, 0.2) is 0 Å². The second-order valence-electron chi connectivity index (χ2n) is 2.02. The first-order valence-electron chi connectivity index (χ1n) is 2.73. The molecule has 0 aromatic carbocycles. The van der Waals surface area contributed by atoms with Crippen molar-refractivity contribution in [2.75, 3.05) is 12.3 Å². The van der Waals surface area contributed by atoms with Gasteiger partial charge in [0.05, 0.1) is 0 Å². The van der Waals surface area contributed by atoms with Crippen LogP contribution in [0.4, 0.5) is 0 Å². The third-order valence-electron chi connectivity index (χ3n) is 0.864. The zero-order chi connectivity index (χ0) is 9.12. The Labute approximate surface area is 63.6 Å². The van der Waals surface area contributed by atoms with Crippen LogP contribution in [0.1, 0.15) is 6.42 Å². The highest BCUT2D eigenvalue weighted by molar-refractivity contribution is 7.49. The van der Waals surface area contributed by atoms with Gasteiger partial charge in [-0.3, -0.25) is 0 Å². The average Bonchev–Trinajstić information content (AvgIpc) is 1.55. The Hall–Kier alpha value is 0.300. The van der Waals surface area contributed by atoms with Crippen molar-refractivity contribution in [2.24, 2.45) is 0 Å². The average molecular weight is 200 g/mol. The van der Waals surface area contributed by atoms with E-state index in [0.717, 1.165) is 0 Å². The third-order valence-corrected chi connectivity index (χ3v) is 2.59. The van der Waals surface area contributed by atoms with E-state index in [1.165, 1.54) is 0 Å². The highest BCUT2D eigenvalue weighted by Gasteiger charge is 1.94. The molecule has 0 aliphatic heterocycles. The lowest BCUT2D eigenvalue weighted by Crippen LogP contribution is -2.21. The molecule has 6 nitrogen and oxygen atoms in total. The molecule has 0 N–H and O–H groups in total. The van der Waals surface area contributed by atoms with E-state index in [4.69, 9.17) is 0 Å². The molecule has 0 rings (SSSR count). The van der Waals surface area contributed by atoms with Gasteiger partial charge >= 0.3 is 0 Å². The second-order valence-corrected chi connectivity index (χ2v) is 5.36. The predicted octanol–water partition coefficient (Wildman–Crippen LogP) is -2.80. The Morgan fingerprint density at radius 3 is 1.27 bits per heavy atom. The molecular weight excluding hydrogens is 194 g/mol. The fourth-order valence-corrected chi connectivity index (χ4v) is 1.80. The van der Waals surface area contributed by atoms with E-state index in [1.807, 2.05) is 0 Å². The van der Waals surface area contributed by atoms with Gasteiger partial charge in [0, 0.05) is 0 Å². The van der Waals surface area contributed by atoms with Crippen LogP contribution < -0.4 is 19.6 Å². The summed E-state index contributed by atoms with van der Waals surface area (Å²) >= 11 is 0. The zero-order valence-electron chi connectivity index (χ0n) is 5.47. The molecule has 0 aliphatic rings. The first-order valence-corrected chi connectivity index (χ1v) is 6.18. The van der Waals surface area contributed by atoms with E-state index in [0.29, 0.717) is 0 Å². The van der Waals surface area contributed by atoms with Gasteiger partial charge in [-0.1, -0.05) is 15.2 Å². The summed E-state index contributed by atoms with van der Waals surface area (Å²) in [4.78, 5) is 39.6. The maximum atomic E-state index is 9.90. The summed E-state index contributed by atoms with van der Waals surface area (Å²) in [6.45, 7) is 0. The van der Waals surface area contributed by atoms with Crippen molar-refractivity contribution < 1.29 is 28.7 Å². The molecule has 0 heterocycles. The zero-order valence-corrected chi connectivity index (χ0v) is 7.25. The molecular formula is C3H6O6P2-4. The molecule has 11 heavy (non-hydrogen) atoms. The third kappa shape index (κ3) is 10.3. The van der Waals surface area contributed by atoms with E-state index in [9.17, 15) is 28.7 Å². The molecule has 0 amide bonds. The number of hydrogen-bond acceptors (Lipinski definition) is 6. The lowest BCUT2D eigenvalue weighted by molar-refractivity contribution is -0.313. The van der Waals surface area contributed by atoms with Crippen molar-refractivity contribution in [1.29, 1.82) is 0 Å². The van der Waals surface area contributed by atoms with E-state index in [1.54, 1.807) is 0 Å². The predicted molar refractivity (Wildman–Crippen MR) is 29.6 cm³/mol. The van der Waals surface area contributed by atoms with E-state index < -0.39 is 33.9 Å². The van der Waals surface area contributed by atoms with Gasteiger partial charge in [-0.05, 0) is 18.7 Å². The van der Waals surface area contributed by atoms with Gasteiger partial charge in [-0.25, -0.2) is 0 Å². The molecule has 0 aromatic rings. The number of rotatable bonds is 4. The first-order chi connectivity index (χ1) is 4.71. The summed E-state index contributed by atoms with van der Waals surface area (Å²) in [5.74, 6) is 0. The molecule has 0 unspecified atom stereocenters. The van der Waals surface area contributed by atoms with E-state index in [-0.39, 0.29) is 0 Å². The van der Waals surface area contributed by atoms with Crippen molar-refractivity contribution in [3.05, 3.63) is 0 Å². The molecule has 0 aliphatic carbocycles. The summed E-state index contributed by atoms with van der Waals surface area (Å²) in [5.41, 5.74) is 0. The van der Waals surface area contributed by atoms with E-state index >= 15 is 0 Å². The lowest BCUT2D eigenvalue weighted by atomic mass is 10.6. The molecule has 0 aromatic heterocycles. The van der Waals surface area contributed by atoms with Gasteiger partial charge in [0.2, 0.25) is 0 Å². The maximum absolute atomic E-state index is 9.90. The number of hydrogen-bond donors (Lipinski definition) is 0. The van der Waals surface area contributed by atoms with Crippen LogP contribution in [0.25, 0.3) is 0 Å². The summed E-state index contributed by atoms with van der Waals surface area (Å²) in [6.07, 6.45) is -1.96. The smallest absolute Gasteiger partial charge is 0.0247 e. The fraction of sp³-hybridized carbons (Fsp3) is 1.00. The van der Waals surface area contributed by atoms with Crippen LogP contribution in [0, 0.1) is 0 Å². The summed E-state index contributed by atoms with van der Waals surface area (Å²) < 4.78 is 19.8. The molecule has 0 saturated heterocycles. The molecule has 0 radical (unpaired) electrons. The minimum Gasteiger partial charge on any atom is -0.811 e. The van der Waals surface area contributed by atoms with Crippen LogP contribution in [0.3, 0.4) is 0 Å². The summed E-state index contributed by atoms with van der Waals surface area (Å²) in [6, 6.07) is 0. The Balaban J connectivity index is 3.61. The quantitative estimate of drug-likeness (QED) is 0.451. The molecule has 8 heteroatoms. The largest absolute Gasteiger partial charge is 0.811 e. The monoisotopic (exact) mass is 200 g/mol. The van der Waals surface area contributed by atoms with Crippen LogP contribution in [-0.4, -0.2) is 12.3 Å². The summed E-state index contributed by atoms with van der Waals surface area (Å²) in [7, 11) is -9.30. The van der Waals surface area contributed by atoms with Gasteiger partial charge in [0.15, 0.2) is 0 Å². The van der Waals surface area contributed by atoms with Crippen molar-refractivity contribution in [2.45, 2.75) is 6.42 Å². The molecule has 0 spiro atoms. The standard InChI is InChI=1S/C3H10O6P2/c4-10(5,6)2-1-3-11(7,8)9/h1-3H2,(H2,4,5,6)(H2,7,8,9)/p-4. The normalized spacial score (nSPS) is 13.5. The van der Waals surface area contributed by atoms with Crippen LogP contribution >= 0.6 is 15.2 Å². The molecule has 0 saturated carbocycles. The Morgan fingerprint density at radius 1 is 0.818 bits per heavy atom. The van der Waals surface area contributed by atoms with Crippen LogP contribution in [-0.2, 0) is 9.13 Å². The second kappa shape index (κ2) is 3.81. The van der Waals surface area contributed by atoms with Crippen molar-refractivity contribution in [1.82, 2.24) is 0 Å². The Bertz CT molecular complexity index is 178. The lowest BCUT2D eigenvalue weighted by Gasteiger charge is -2.33. The van der Waals surface area contributed by atoms with Gasteiger partial charge in [-0.15, -0.1) is 0 Å². The van der Waals surface area contributed by atoms with Crippen molar-refractivity contribution in [3.63, 3.8) is 0 Å². The van der Waals surface area contributed by atoms with Crippen molar-refractivity contribution >= 4 is 15.2 Å². The van der Waals surface area contributed by atoms with Gasteiger partial charge in [0.25, 0.3) is 0 Å². The maximum Gasteiger partial charge on any atom is -0.0247 e. The molecule has 0 bridgehead atoms. The fourth-order valence-electron chi connectivity index (χ4n) is 0.458. The minimum atomic E-state index is -4.65. The highest BCUT2D eigenvalue weighted by atomic mass is 31.2. The SMILES string of the molecule is O=P([O-])([O-])CCCP(=O)([O-])[O-]. The summed E-state index contributed by atoms with van der Waals surface area (Å²) in [5, 5.41) is 0. The molecule has 0 fully saturated rings. The first kappa shape index (κ1) is 11.3. The topological polar surface area (TPSA) is 126 Å². The van der Waals surface area contributed by atoms with Gasteiger partial charge < -0.3 is 28.7 Å². The molecule has 68 valence electrons.